The number of rotatable bonds is 5. The van der Waals surface area contributed by atoms with E-state index in [0.717, 1.165) is 12.1 Å². The minimum Gasteiger partial charge on any atom is -0.481 e. The number of carbonyl (C=O) groups is 2. The van der Waals surface area contributed by atoms with Gasteiger partial charge in [0.05, 0.1) is 18.0 Å². The van der Waals surface area contributed by atoms with E-state index >= 15 is 0 Å². The van der Waals surface area contributed by atoms with Crippen molar-refractivity contribution in [2.24, 2.45) is 0 Å². The van der Waals surface area contributed by atoms with Crippen molar-refractivity contribution in [1.82, 2.24) is 5.32 Å². The Kier molecular flexibility index (Phi) is 4.64. The Morgan fingerprint density at radius 3 is 2.62 bits per heavy atom. The number of halogens is 2. The first-order chi connectivity index (χ1) is 9.97. The molecular weight excluding hydrogens is 300 g/mol. The third kappa shape index (κ3) is 3.85. The summed E-state index contributed by atoms with van der Waals surface area (Å²) in [7, 11) is 0. The molecule has 0 saturated heterocycles. The zero-order valence-corrected chi connectivity index (χ0v) is 11.5. The maximum absolute atomic E-state index is 13.8. The molecule has 2 aromatic rings. The number of nitrogens with one attached hydrogen (secondary N) is 1. The fraction of sp³-hybridized carbons (Fsp3) is 0.143. The molecule has 110 valence electrons. The molecule has 0 fully saturated rings. The average molecular weight is 311 g/mol. The van der Waals surface area contributed by atoms with Crippen molar-refractivity contribution in [3.05, 3.63) is 57.8 Å². The molecule has 0 radical (unpaired) electrons. The van der Waals surface area contributed by atoms with Crippen LogP contribution >= 0.6 is 11.3 Å². The Balaban J connectivity index is 2.25. The van der Waals surface area contributed by atoms with Crippen molar-refractivity contribution in [3.8, 4) is 0 Å². The van der Waals surface area contributed by atoms with Crippen molar-refractivity contribution >= 4 is 23.2 Å². The predicted octanol–water partition coefficient (Wildman–Crippen LogP) is 2.97. The van der Waals surface area contributed by atoms with Gasteiger partial charge in [0, 0.05) is 17.0 Å². The number of hydrogen-bond donors (Lipinski definition) is 2. The molecule has 0 saturated carbocycles. The number of hydrogen-bond acceptors (Lipinski definition) is 3. The van der Waals surface area contributed by atoms with E-state index in [1.165, 1.54) is 11.3 Å². The summed E-state index contributed by atoms with van der Waals surface area (Å²) in [6, 6.07) is 3.30. The number of amides is 1. The lowest BCUT2D eigenvalue weighted by atomic mass is 10.0. The summed E-state index contributed by atoms with van der Waals surface area (Å²) in [5, 5.41) is 14.6. The van der Waals surface area contributed by atoms with Crippen LogP contribution in [0.15, 0.2) is 35.0 Å². The minimum atomic E-state index is -1.20. The van der Waals surface area contributed by atoms with Crippen molar-refractivity contribution in [2.45, 2.75) is 12.5 Å². The van der Waals surface area contributed by atoms with Crippen molar-refractivity contribution in [1.29, 1.82) is 0 Å². The Bertz CT molecular complexity index is 658. The normalized spacial score (nSPS) is 11.9. The smallest absolute Gasteiger partial charge is 0.305 e. The van der Waals surface area contributed by atoms with Gasteiger partial charge in [0.25, 0.3) is 5.91 Å². The third-order valence-corrected chi connectivity index (χ3v) is 3.49. The van der Waals surface area contributed by atoms with E-state index in [2.05, 4.69) is 5.32 Å². The number of benzene rings is 1. The van der Waals surface area contributed by atoms with Gasteiger partial charge in [0.15, 0.2) is 0 Å². The maximum Gasteiger partial charge on any atom is 0.305 e. The zero-order valence-electron chi connectivity index (χ0n) is 10.7. The summed E-state index contributed by atoms with van der Waals surface area (Å²) in [6.45, 7) is 0. The van der Waals surface area contributed by atoms with Gasteiger partial charge in [-0.25, -0.2) is 8.78 Å². The monoisotopic (exact) mass is 311 g/mol. The summed E-state index contributed by atoms with van der Waals surface area (Å²) < 4.78 is 26.7. The van der Waals surface area contributed by atoms with E-state index in [-0.39, 0.29) is 5.56 Å². The highest BCUT2D eigenvalue weighted by Crippen LogP contribution is 2.22. The molecule has 1 amide bonds. The van der Waals surface area contributed by atoms with Gasteiger partial charge in [-0.1, -0.05) is 6.07 Å². The van der Waals surface area contributed by atoms with Gasteiger partial charge < -0.3 is 10.4 Å². The van der Waals surface area contributed by atoms with Crippen LogP contribution in [-0.2, 0) is 4.79 Å². The molecule has 0 aliphatic rings. The second-order valence-corrected chi connectivity index (χ2v) is 5.08. The number of carboxylic acids is 1. The van der Waals surface area contributed by atoms with Crippen LogP contribution in [0.25, 0.3) is 0 Å². The molecule has 0 bridgehead atoms. The lowest BCUT2D eigenvalue weighted by Crippen LogP contribution is -2.30. The number of aliphatic carboxylic acids is 1. The quantitative estimate of drug-likeness (QED) is 0.892. The van der Waals surface area contributed by atoms with Gasteiger partial charge in [-0.3, -0.25) is 9.59 Å². The van der Waals surface area contributed by atoms with Crippen LogP contribution in [-0.4, -0.2) is 17.0 Å². The van der Waals surface area contributed by atoms with Crippen LogP contribution in [0.4, 0.5) is 8.78 Å². The summed E-state index contributed by atoms with van der Waals surface area (Å²) >= 11 is 1.31. The molecule has 1 aromatic carbocycles. The molecule has 4 nitrogen and oxygen atoms in total. The Hall–Kier alpha value is -2.28. The van der Waals surface area contributed by atoms with Gasteiger partial charge in [-0.05, 0) is 17.5 Å². The Labute approximate surface area is 123 Å². The van der Waals surface area contributed by atoms with Crippen LogP contribution < -0.4 is 5.32 Å². The predicted molar refractivity (Wildman–Crippen MR) is 73.1 cm³/mol. The van der Waals surface area contributed by atoms with Crippen molar-refractivity contribution in [3.63, 3.8) is 0 Å². The molecule has 0 aliphatic carbocycles. The second-order valence-electron chi connectivity index (χ2n) is 4.30. The molecule has 0 aliphatic heterocycles. The summed E-state index contributed by atoms with van der Waals surface area (Å²) in [5.41, 5.74) is 0.292. The first kappa shape index (κ1) is 15.1. The molecular formula is C14H11F2NO3S. The highest BCUT2D eigenvalue weighted by molar-refractivity contribution is 7.08. The summed E-state index contributed by atoms with van der Waals surface area (Å²) in [5.74, 6) is -3.37. The van der Waals surface area contributed by atoms with Crippen molar-refractivity contribution in [2.75, 3.05) is 0 Å². The minimum absolute atomic E-state index is 0.0672. The lowest BCUT2D eigenvalue weighted by Gasteiger charge is -2.17. The van der Waals surface area contributed by atoms with E-state index in [1.54, 1.807) is 16.8 Å². The first-order valence-electron chi connectivity index (χ1n) is 5.97. The molecule has 1 aromatic heterocycles. The van der Waals surface area contributed by atoms with Crippen LogP contribution in [0.1, 0.15) is 28.4 Å². The zero-order chi connectivity index (χ0) is 15.4. The van der Waals surface area contributed by atoms with Gasteiger partial charge in [-0.2, -0.15) is 11.3 Å². The Morgan fingerprint density at radius 1 is 1.29 bits per heavy atom. The molecule has 21 heavy (non-hydrogen) atoms. The average Bonchev–Trinajstić information content (AvgIpc) is 2.91. The van der Waals surface area contributed by atoms with Crippen LogP contribution in [0.5, 0.6) is 0 Å². The highest BCUT2D eigenvalue weighted by Gasteiger charge is 2.22. The standard InChI is InChI=1S/C14H11F2NO3S/c15-9-1-2-10(11(16)5-9)12(6-13(18)19)17-14(20)8-3-4-21-7-8/h1-5,7,12H,6H2,(H,17,20)(H,18,19). The van der Waals surface area contributed by atoms with Crippen LogP contribution in [0.3, 0.4) is 0 Å². The van der Waals surface area contributed by atoms with E-state index in [1.807, 2.05) is 0 Å². The van der Waals surface area contributed by atoms with Gasteiger partial charge in [0.1, 0.15) is 11.6 Å². The van der Waals surface area contributed by atoms with E-state index in [4.69, 9.17) is 5.11 Å². The topological polar surface area (TPSA) is 66.4 Å². The lowest BCUT2D eigenvalue weighted by molar-refractivity contribution is -0.137. The molecule has 1 heterocycles. The van der Waals surface area contributed by atoms with Gasteiger partial charge in [0.2, 0.25) is 0 Å². The number of thiophene rings is 1. The maximum atomic E-state index is 13.8. The molecule has 2 N–H and O–H groups in total. The Morgan fingerprint density at radius 2 is 2.05 bits per heavy atom. The SMILES string of the molecule is O=C(O)CC(NC(=O)c1ccsc1)c1ccc(F)cc1F. The van der Waals surface area contributed by atoms with Crippen LogP contribution in [0.2, 0.25) is 0 Å². The summed E-state index contributed by atoms with van der Waals surface area (Å²) in [6.07, 6.45) is -0.502. The molecule has 1 atom stereocenters. The van der Waals surface area contributed by atoms with Gasteiger partial charge in [-0.15, -0.1) is 0 Å². The fourth-order valence-corrected chi connectivity index (χ4v) is 2.47. The molecule has 7 heteroatoms. The van der Waals surface area contributed by atoms with E-state index in [9.17, 15) is 18.4 Å². The van der Waals surface area contributed by atoms with Crippen LogP contribution in [0, 0.1) is 11.6 Å². The fourth-order valence-electron chi connectivity index (χ4n) is 1.83. The third-order valence-electron chi connectivity index (χ3n) is 2.81. The number of carbonyl (C=O) groups excluding carboxylic acids is 1. The molecule has 2 rings (SSSR count). The van der Waals surface area contributed by atoms with Crippen molar-refractivity contribution < 1.29 is 23.5 Å². The second kappa shape index (κ2) is 6.45. The highest BCUT2D eigenvalue weighted by atomic mass is 32.1. The number of carboxylic acid groups (broad SMARTS) is 1. The summed E-state index contributed by atoms with van der Waals surface area (Å²) in [4.78, 5) is 22.8. The van der Waals surface area contributed by atoms with E-state index < -0.39 is 36.0 Å². The van der Waals surface area contributed by atoms with Gasteiger partial charge >= 0.3 is 5.97 Å². The molecule has 0 spiro atoms. The van der Waals surface area contributed by atoms with E-state index in [0.29, 0.717) is 11.6 Å². The first-order valence-corrected chi connectivity index (χ1v) is 6.91. The molecule has 1 unspecified atom stereocenters. The largest absolute Gasteiger partial charge is 0.481 e.